The molecule has 0 bridgehead atoms. The standard InChI is InChI=1S/C18H30N2O/c1-17(2,3)20-13-14-12-16(8-11-19-14)21-15-6-9-18(4,5)10-7-15/h8,11-12,15,20H,6-7,9-10,13H2,1-5H3. The predicted molar refractivity (Wildman–Crippen MR) is 87.5 cm³/mol. The molecule has 1 fully saturated rings. The molecule has 1 N–H and O–H groups in total. The fourth-order valence-electron chi connectivity index (χ4n) is 2.66. The molecule has 0 unspecified atom stereocenters. The second-order valence-corrected chi connectivity index (χ2v) is 8.07. The number of aromatic nitrogens is 1. The zero-order chi connectivity index (χ0) is 15.5. The van der Waals surface area contributed by atoms with E-state index in [2.05, 4.69) is 51.0 Å². The fourth-order valence-corrected chi connectivity index (χ4v) is 2.66. The van der Waals surface area contributed by atoms with Crippen LogP contribution in [-0.2, 0) is 6.54 Å². The molecule has 2 rings (SSSR count). The Labute approximate surface area is 129 Å². The molecule has 1 aliphatic carbocycles. The summed E-state index contributed by atoms with van der Waals surface area (Å²) in [4.78, 5) is 4.42. The van der Waals surface area contributed by atoms with Gasteiger partial charge < -0.3 is 10.1 Å². The van der Waals surface area contributed by atoms with E-state index in [-0.39, 0.29) is 5.54 Å². The molecule has 0 saturated heterocycles. The first kappa shape index (κ1) is 16.3. The Morgan fingerprint density at radius 2 is 1.95 bits per heavy atom. The lowest BCUT2D eigenvalue weighted by molar-refractivity contribution is 0.0986. The summed E-state index contributed by atoms with van der Waals surface area (Å²) >= 11 is 0. The van der Waals surface area contributed by atoms with Crippen LogP contribution in [0.15, 0.2) is 18.3 Å². The highest BCUT2D eigenvalue weighted by atomic mass is 16.5. The maximum absolute atomic E-state index is 6.15. The molecule has 1 saturated carbocycles. The predicted octanol–water partition coefficient (Wildman–Crippen LogP) is 4.32. The fraction of sp³-hybridized carbons (Fsp3) is 0.722. The molecule has 3 nitrogen and oxygen atoms in total. The van der Waals surface area contributed by atoms with Crippen molar-refractivity contribution in [1.29, 1.82) is 0 Å². The largest absolute Gasteiger partial charge is 0.490 e. The smallest absolute Gasteiger partial charge is 0.123 e. The third-order valence-electron chi connectivity index (χ3n) is 4.18. The Bertz CT molecular complexity index is 453. The first-order valence-corrected chi connectivity index (χ1v) is 8.10. The summed E-state index contributed by atoms with van der Waals surface area (Å²) in [5.41, 5.74) is 1.63. The number of rotatable bonds is 4. The topological polar surface area (TPSA) is 34.1 Å². The molecule has 1 heterocycles. The monoisotopic (exact) mass is 290 g/mol. The third-order valence-corrected chi connectivity index (χ3v) is 4.18. The molecule has 0 spiro atoms. The first-order valence-electron chi connectivity index (χ1n) is 8.10. The maximum Gasteiger partial charge on any atom is 0.123 e. The summed E-state index contributed by atoms with van der Waals surface area (Å²) < 4.78 is 6.15. The summed E-state index contributed by atoms with van der Waals surface area (Å²) in [6.07, 6.45) is 7.03. The molecule has 1 aromatic rings. The molecule has 0 aliphatic heterocycles. The van der Waals surface area contributed by atoms with Crippen molar-refractivity contribution in [2.45, 2.75) is 78.5 Å². The van der Waals surface area contributed by atoms with E-state index in [1.54, 1.807) is 0 Å². The van der Waals surface area contributed by atoms with E-state index in [1.807, 2.05) is 12.3 Å². The van der Waals surface area contributed by atoms with E-state index in [4.69, 9.17) is 4.74 Å². The summed E-state index contributed by atoms with van der Waals surface area (Å²) in [6.45, 7) is 12.0. The van der Waals surface area contributed by atoms with E-state index < -0.39 is 0 Å². The van der Waals surface area contributed by atoms with Crippen molar-refractivity contribution in [3.05, 3.63) is 24.0 Å². The Kier molecular flexibility index (Phi) is 4.92. The second-order valence-electron chi connectivity index (χ2n) is 8.07. The van der Waals surface area contributed by atoms with Gasteiger partial charge in [-0.2, -0.15) is 0 Å². The van der Waals surface area contributed by atoms with Crippen LogP contribution in [0.3, 0.4) is 0 Å². The molecule has 0 aromatic carbocycles. The minimum Gasteiger partial charge on any atom is -0.490 e. The summed E-state index contributed by atoms with van der Waals surface area (Å²) in [5.74, 6) is 0.959. The van der Waals surface area contributed by atoms with Crippen LogP contribution in [-0.4, -0.2) is 16.6 Å². The van der Waals surface area contributed by atoms with E-state index in [0.29, 0.717) is 11.5 Å². The van der Waals surface area contributed by atoms with Gasteiger partial charge in [-0.25, -0.2) is 0 Å². The van der Waals surface area contributed by atoms with E-state index >= 15 is 0 Å². The van der Waals surface area contributed by atoms with Crippen LogP contribution in [0.1, 0.15) is 66.0 Å². The van der Waals surface area contributed by atoms with Gasteiger partial charge in [-0.05, 0) is 57.9 Å². The van der Waals surface area contributed by atoms with Crippen LogP contribution in [0.2, 0.25) is 0 Å². The van der Waals surface area contributed by atoms with Crippen molar-refractivity contribution in [1.82, 2.24) is 10.3 Å². The van der Waals surface area contributed by atoms with Crippen molar-refractivity contribution in [2.75, 3.05) is 0 Å². The lowest BCUT2D eigenvalue weighted by Gasteiger charge is -2.34. The van der Waals surface area contributed by atoms with Crippen molar-refractivity contribution in [2.24, 2.45) is 5.41 Å². The first-order chi connectivity index (χ1) is 9.73. The highest BCUT2D eigenvalue weighted by Gasteiger charge is 2.27. The van der Waals surface area contributed by atoms with E-state index in [1.165, 1.54) is 12.8 Å². The van der Waals surface area contributed by atoms with Crippen molar-refractivity contribution in [3.8, 4) is 5.75 Å². The summed E-state index contributed by atoms with van der Waals surface area (Å²) in [7, 11) is 0. The van der Waals surface area contributed by atoms with Gasteiger partial charge in [0.25, 0.3) is 0 Å². The van der Waals surface area contributed by atoms with Gasteiger partial charge in [0.05, 0.1) is 11.8 Å². The maximum atomic E-state index is 6.15. The van der Waals surface area contributed by atoms with Gasteiger partial charge in [0.15, 0.2) is 0 Å². The van der Waals surface area contributed by atoms with Crippen LogP contribution < -0.4 is 10.1 Å². The number of nitrogens with zero attached hydrogens (tertiary/aromatic N) is 1. The molecule has 21 heavy (non-hydrogen) atoms. The number of nitrogens with one attached hydrogen (secondary N) is 1. The number of hydrogen-bond donors (Lipinski definition) is 1. The van der Waals surface area contributed by atoms with Gasteiger partial charge in [0.2, 0.25) is 0 Å². The number of pyridine rings is 1. The Hall–Kier alpha value is -1.09. The van der Waals surface area contributed by atoms with Gasteiger partial charge in [-0.15, -0.1) is 0 Å². The molecule has 0 radical (unpaired) electrons. The van der Waals surface area contributed by atoms with Crippen LogP contribution in [0.25, 0.3) is 0 Å². The molecule has 0 amide bonds. The Balaban J connectivity index is 1.89. The zero-order valence-corrected chi connectivity index (χ0v) is 14.2. The lowest BCUT2D eigenvalue weighted by atomic mass is 9.76. The highest BCUT2D eigenvalue weighted by molar-refractivity contribution is 5.23. The molecule has 1 aliphatic rings. The minimum absolute atomic E-state index is 0.105. The van der Waals surface area contributed by atoms with Crippen LogP contribution in [0.4, 0.5) is 0 Å². The van der Waals surface area contributed by atoms with Gasteiger partial charge in [-0.3, -0.25) is 4.98 Å². The molecule has 1 aromatic heterocycles. The van der Waals surface area contributed by atoms with Crippen LogP contribution in [0.5, 0.6) is 5.75 Å². The van der Waals surface area contributed by atoms with E-state index in [0.717, 1.165) is 30.8 Å². The summed E-state index contributed by atoms with van der Waals surface area (Å²) in [5, 5.41) is 3.46. The second kappa shape index (κ2) is 6.35. The van der Waals surface area contributed by atoms with Crippen molar-refractivity contribution < 1.29 is 4.74 Å². The van der Waals surface area contributed by atoms with Gasteiger partial charge in [-0.1, -0.05) is 13.8 Å². The summed E-state index contributed by atoms with van der Waals surface area (Å²) in [6, 6.07) is 4.04. The normalized spacial score (nSPS) is 19.5. The van der Waals surface area contributed by atoms with Crippen LogP contribution >= 0.6 is 0 Å². The number of hydrogen-bond acceptors (Lipinski definition) is 3. The average molecular weight is 290 g/mol. The Morgan fingerprint density at radius 3 is 2.57 bits per heavy atom. The lowest BCUT2D eigenvalue weighted by Crippen LogP contribution is -2.35. The molecular weight excluding hydrogens is 260 g/mol. The van der Waals surface area contributed by atoms with Gasteiger partial charge in [0.1, 0.15) is 5.75 Å². The molecule has 3 heteroatoms. The Morgan fingerprint density at radius 1 is 1.29 bits per heavy atom. The van der Waals surface area contributed by atoms with Gasteiger partial charge in [0, 0.05) is 24.3 Å². The molecular formula is C18H30N2O. The van der Waals surface area contributed by atoms with Crippen molar-refractivity contribution in [3.63, 3.8) is 0 Å². The van der Waals surface area contributed by atoms with E-state index in [9.17, 15) is 0 Å². The minimum atomic E-state index is 0.105. The highest BCUT2D eigenvalue weighted by Crippen LogP contribution is 2.36. The van der Waals surface area contributed by atoms with Gasteiger partial charge >= 0.3 is 0 Å². The third kappa shape index (κ3) is 5.66. The SMILES string of the molecule is CC1(C)CCC(Oc2ccnc(CNC(C)(C)C)c2)CC1. The number of ether oxygens (including phenoxy) is 1. The molecule has 118 valence electrons. The molecule has 0 atom stereocenters. The van der Waals surface area contributed by atoms with Crippen LogP contribution in [0, 0.1) is 5.41 Å². The average Bonchev–Trinajstić information content (AvgIpc) is 2.39. The zero-order valence-electron chi connectivity index (χ0n) is 14.2. The van der Waals surface area contributed by atoms with Crippen molar-refractivity contribution >= 4 is 0 Å². The quantitative estimate of drug-likeness (QED) is 0.897.